The standard InChI is InChI=1S/C19H17N3O2/c1-21(16-8-3-2-4-9-16)19(24)15-11-18(23)22(13-15)17-10-6-5-7-14(17)12-20/h2-10,15H,11,13H2,1H3. The van der Waals surface area contributed by atoms with Crippen LogP contribution in [0.2, 0.25) is 0 Å². The van der Waals surface area contributed by atoms with Gasteiger partial charge in [0.05, 0.1) is 17.2 Å². The highest BCUT2D eigenvalue weighted by Gasteiger charge is 2.37. The third-order valence-corrected chi connectivity index (χ3v) is 4.26. The molecule has 0 aliphatic carbocycles. The van der Waals surface area contributed by atoms with E-state index in [1.165, 1.54) is 0 Å². The van der Waals surface area contributed by atoms with E-state index in [0.29, 0.717) is 17.8 Å². The highest BCUT2D eigenvalue weighted by atomic mass is 16.2. The molecule has 2 amide bonds. The molecule has 1 fully saturated rings. The maximum atomic E-state index is 12.7. The molecule has 2 aromatic carbocycles. The van der Waals surface area contributed by atoms with E-state index in [1.807, 2.05) is 30.3 Å². The number of nitrogens with zero attached hydrogens (tertiary/aromatic N) is 3. The molecule has 1 unspecified atom stereocenters. The molecule has 3 rings (SSSR count). The van der Waals surface area contributed by atoms with Crippen LogP contribution >= 0.6 is 0 Å². The van der Waals surface area contributed by atoms with Crippen LogP contribution in [-0.2, 0) is 9.59 Å². The Balaban J connectivity index is 1.80. The average molecular weight is 319 g/mol. The lowest BCUT2D eigenvalue weighted by Gasteiger charge is -2.22. The van der Waals surface area contributed by atoms with Gasteiger partial charge in [-0.25, -0.2) is 0 Å². The van der Waals surface area contributed by atoms with Crippen molar-refractivity contribution in [2.24, 2.45) is 5.92 Å². The molecule has 0 spiro atoms. The monoisotopic (exact) mass is 319 g/mol. The van der Waals surface area contributed by atoms with Gasteiger partial charge >= 0.3 is 0 Å². The molecular formula is C19H17N3O2. The van der Waals surface area contributed by atoms with Crippen molar-refractivity contribution < 1.29 is 9.59 Å². The van der Waals surface area contributed by atoms with Gasteiger partial charge in [0.25, 0.3) is 0 Å². The van der Waals surface area contributed by atoms with Gasteiger partial charge in [-0.15, -0.1) is 0 Å². The van der Waals surface area contributed by atoms with Gasteiger partial charge in [-0.2, -0.15) is 5.26 Å². The number of carbonyl (C=O) groups excluding carboxylic acids is 2. The van der Waals surface area contributed by atoms with Gasteiger partial charge in [-0.3, -0.25) is 9.59 Å². The first-order valence-electron chi connectivity index (χ1n) is 7.74. The summed E-state index contributed by atoms with van der Waals surface area (Å²) in [6.07, 6.45) is 0.162. The number of hydrogen-bond donors (Lipinski definition) is 0. The zero-order chi connectivity index (χ0) is 17.1. The molecule has 1 aliphatic rings. The first kappa shape index (κ1) is 15.8. The van der Waals surface area contributed by atoms with Gasteiger partial charge in [0, 0.05) is 25.7 Å². The molecule has 120 valence electrons. The molecular weight excluding hydrogens is 302 g/mol. The van der Waals surface area contributed by atoms with Crippen LogP contribution < -0.4 is 9.80 Å². The van der Waals surface area contributed by atoms with Gasteiger partial charge in [0.1, 0.15) is 6.07 Å². The Labute approximate surface area is 140 Å². The highest BCUT2D eigenvalue weighted by Crippen LogP contribution is 2.29. The second kappa shape index (κ2) is 6.55. The Hall–Kier alpha value is -3.13. The van der Waals surface area contributed by atoms with Crippen molar-refractivity contribution in [1.82, 2.24) is 0 Å². The second-order valence-corrected chi connectivity index (χ2v) is 5.77. The first-order chi connectivity index (χ1) is 11.6. The van der Waals surface area contributed by atoms with Crippen molar-refractivity contribution >= 4 is 23.2 Å². The SMILES string of the molecule is CN(C(=O)C1CC(=O)N(c2ccccc2C#N)C1)c1ccccc1. The van der Waals surface area contributed by atoms with Crippen molar-refractivity contribution in [2.75, 3.05) is 23.4 Å². The largest absolute Gasteiger partial charge is 0.315 e. The van der Waals surface area contributed by atoms with Crippen LogP contribution in [0.1, 0.15) is 12.0 Å². The number of benzene rings is 2. The van der Waals surface area contributed by atoms with Crippen molar-refractivity contribution in [2.45, 2.75) is 6.42 Å². The average Bonchev–Trinajstić information content (AvgIpc) is 3.02. The van der Waals surface area contributed by atoms with Crippen LogP contribution in [0.4, 0.5) is 11.4 Å². The molecule has 24 heavy (non-hydrogen) atoms. The Morgan fingerprint density at radius 3 is 2.54 bits per heavy atom. The van der Waals surface area contributed by atoms with Crippen molar-refractivity contribution in [1.29, 1.82) is 5.26 Å². The second-order valence-electron chi connectivity index (χ2n) is 5.77. The topological polar surface area (TPSA) is 64.4 Å². The lowest BCUT2D eigenvalue weighted by Crippen LogP contribution is -2.34. The molecule has 1 heterocycles. The lowest BCUT2D eigenvalue weighted by molar-refractivity contribution is -0.124. The number of hydrogen-bond acceptors (Lipinski definition) is 3. The Morgan fingerprint density at radius 1 is 1.17 bits per heavy atom. The molecule has 0 bridgehead atoms. The molecule has 0 saturated carbocycles. The van der Waals surface area contributed by atoms with E-state index in [-0.39, 0.29) is 18.2 Å². The number of amides is 2. The van der Waals surface area contributed by atoms with E-state index in [0.717, 1.165) is 5.69 Å². The number of para-hydroxylation sites is 2. The normalized spacial score (nSPS) is 16.8. The van der Waals surface area contributed by atoms with Crippen LogP contribution in [0, 0.1) is 17.2 Å². The number of rotatable bonds is 3. The quantitative estimate of drug-likeness (QED) is 0.873. The molecule has 1 atom stereocenters. The highest BCUT2D eigenvalue weighted by molar-refractivity contribution is 6.04. The van der Waals surface area contributed by atoms with Gasteiger partial charge in [-0.05, 0) is 24.3 Å². The van der Waals surface area contributed by atoms with E-state index in [9.17, 15) is 14.9 Å². The summed E-state index contributed by atoms with van der Waals surface area (Å²) in [5.41, 5.74) is 1.81. The lowest BCUT2D eigenvalue weighted by atomic mass is 10.1. The summed E-state index contributed by atoms with van der Waals surface area (Å²) in [4.78, 5) is 28.2. The van der Waals surface area contributed by atoms with E-state index in [1.54, 1.807) is 41.1 Å². The molecule has 2 aromatic rings. The van der Waals surface area contributed by atoms with Crippen LogP contribution in [0.5, 0.6) is 0 Å². The summed E-state index contributed by atoms with van der Waals surface area (Å²) < 4.78 is 0. The summed E-state index contributed by atoms with van der Waals surface area (Å²) >= 11 is 0. The van der Waals surface area contributed by atoms with Crippen LogP contribution in [-0.4, -0.2) is 25.4 Å². The zero-order valence-corrected chi connectivity index (χ0v) is 13.3. The molecule has 0 N–H and O–H groups in total. The van der Waals surface area contributed by atoms with Crippen molar-refractivity contribution in [3.05, 3.63) is 60.2 Å². The van der Waals surface area contributed by atoms with Gasteiger partial charge in [-0.1, -0.05) is 30.3 Å². The fourth-order valence-electron chi connectivity index (χ4n) is 2.96. The Bertz CT molecular complexity index is 811. The number of nitriles is 1. The van der Waals surface area contributed by atoms with Gasteiger partial charge in [0.2, 0.25) is 11.8 Å². The van der Waals surface area contributed by atoms with E-state index in [2.05, 4.69) is 6.07 Å². The maximum absolute atomic E-state index is 12.7. The summed E-state index contributed by atoms with van der Waals surface area (Å²) in [5.74, 6) is -0.626. The maximum Gasteiger partial charge on any atom is 0.232 e. The van der Waals surface area contributed by atoms with Crippen molar-refractivity contribution in [3.63, 3.8) is 0 Å². The van der Waals surface area contributed by atoms with E-state index < -0.39 is 5.92 Å². The minimum absolute atomic E-state index is 0.0912. The van der Waals surface area contributed by atoms with Gasteiger partial charge < -0.3 is 9.80 Å². The molecule has 5 nitrogen and oxygen atoms in total. The van der Waals surface area contributed by atoms with E-state index >= 15 is 0 Å². The summed E-state index contributed by atoms with van der Waals surface area (Å²) in [5, 5.41) is 9.21. The minimum atomic E-state index is -0.408. The fraction of sp³-hybridized carbons (Fsp3) is 0.211. The smallest absolute Gasteiger partial charge is 0.232 e. The van der Waals surface area contributed by atoms with E-state index in [4.69, 9.17) is 0 Å². The Morgan fingerprint density at radius 2 is 1.83 bits per heavy atom. The van der Waals surface area contributed by atoms with Crippen LogP contribution in [0.15, 0.2) is 54.6 Å². The summed E-state index contributed by atoms with van der Waals surface area (Å²) in [6.45, 7) is 0.299. The van der Waals surface area contributed by atoms with Crippen molar-refractivity contribution in [3.8, 4) is 6.07 Å². The molecule has 1 aliphatic heterocycles. The summed E-state index contributed by atoms with van der Waals surface area (Å²) in [6, 6.07) is 18.4. The predicted octanol–water partition coefficient (Wildman–Crippen LogP) is 2.57. The number of anilines is 2. The Kier molecular flexibility index (Phi) is 4.30. The number of carbonyl (C=O) groups is 2. The predicted molar refractivity (Wildman–Crippen MR) is 91.5 cm³/mol. The minimum Gasteiger partial charge on any atom is -0.315 e. The fourth-order valence-corrected chi connectivity index (χ4v) is 2.96. The summed E-state index contributed by atoms with van der Waals surface area (Å²) in [7, 11) is 1.72. The molecule has 1 saturated heterocycles. The van der Waals surface area contributed by atoms with Crippen LogP contribution in [0.3, 0.4) is 0 Å². The molecule has 0 radical (unpaired) electrons. The van der Waals surface area contributed by atoms with Crippen LogP contribution in [0.25, 0.3) is 0 Å². The third-order valence-electron chi connectivity index (χ3n) is 4.26. The van der Waals surface area contributed by atoms with Gasteiger partial charge in [0.15, 0.2) is 0 Å². The zero-order valence-electron chi connectivity index (χ0n) is 13.3. The molecule has 5 heteroatoms. The first-order valence-corrected chi connectivity index (χ1v) is 7.74. The third kappa shape index (κ3) is 2.86. The molecule has 0 aromatic heterocycles.